The highest BCUT2D eigenvalue weighted by molar-refractivity contribution is 7.10. The molecule has 2 rings (SSSR count). The second-order valence-corrected chi connectivity index (χ2v) is 6.43. The molecule has 1 unspecified atom stereocenters. The maximum atomic E-state index is 12.1. The molecule has 1 N–H and O–H groups in total. The Bertz CT molecular complexity index is 573. The molecule has 0 spiro atoms. The van der Waals surface area contributed by atoms with E-state index in [4.69, 9.17) is 0 Å². The molecule has 2 aromatic rings. The minimum Gasteiger partial charge on any atom is -0.346 e. The van der Waals surface area contributed by atoms with Crippen LogP contribution in [0.1, 0.15) is 36.8 Å². The lowest BCUT2D eigenvalue weighted by Gasteiger charge is -2.20. The van der Waals surface area contributed by atoms with E-state index in [-0.39, 0.29) is 11.9 Å². The Morgan fingerprint density at radius 1 is 1.19 bits per heavy atom. The van der Waals surface area contributed by atoms with Crippen molar-refractivity contribution in [2.24, 2.45) is 5.92 Å². The molecule has 1 atom stereocenters. The third-order valence-corrected chi connectivity index (χ3v) is 4.01. The quantitative estimate of drug-likeness (QED) is 0.772. The van der Waals surface area contributed by atoms with E-state index in [1.807, 2.05) is 41.8 Å². The number of hydrogen-bond donors (Lipinski definition) is 1. The summed E-state index contributed by atoms with van der Waals surface area (Å²) in [5, 5.41) is 5.11. The largest absolute Gasteiger partial charge is 0.346 e. The highest BCUT2D eigenvalue weighted by Crippen LogP contribution is 2.21. The fourth-order valence-corrected chi connectivity index (χ4v) is 2.82. The van der Waals surface area contributed by atoms with Crippen molar-refractivity contribution in [1.29, 1.82) is 0 Å². The summed E-state index contributed by atoms with van der Waals surface area (Å²) in [6, 6.07) is 14.2. The summed E-state index contributed by atoms with van der Waals surface area (Å²) < 4.78 is 0. The van der Waals surface area contributed by atoms with Crippen molar-refractivity contribution < 1.29 is 4.79 Å². The monoisotopic (exact) mass is 299 g/mol. The predicted octanol–water partition coefficient (Wildman–Crippen LogP) is 4.66. The van der Waals surface area contributed by atoms with Gasteiger partial charge in [-0.3, -0.25) is 4.79 Å². The van der Waals surface area contributed by atoms with Crippen molar-refractivity contribution in [2.45, 2.75) is 26.3 Å². The third kappa shape index (κ3) is 5.20. The summed E-state index contributed by atoms with van der Waals surface area (Å²) in [6.07, 6.45) is 4.40. The second-order valence-electron chi connectivity index (χ2n) is 5.45. The molecule has 3 heteroatoms. The first-order valence-electron chi connectivity index (χ1n) is 7.22. The van der Waals surface area contributed by atoms with E-state index in [9.17, 15) is 4.79 Å². The van der Waals surface area contributed by atoms with Crippen LogP contribution in [-0.4, -0.2) is 5.91 Å². The van der Waals surface area contributed by atoms with Crippen LogP contribution < -0.4 is 5.32 Å². The zero-order chi connectivity index (χ0) is 15.1. The molecule has 1 amide bonds. The van der Waals surface area contributed by atoms with Crippen molar-refractivity contribution in [1.82, 2.24) is 5.32 Å². The standard InChI is InChI=1S/C18H21NOS/c1-14(2)13-17(15-7-4-3-5-8-15)19-18(20)11-10-16-9-6-12-21-16/h3-12,14,17H,13H2,1-2H3,(H,19,20)/b11-10+. The minimum absolute atomic E-state index is 0.0436. The molecule has 0 fully saturated rings. The summed E-state index contributed by atoms with van der Waals surface area (Å²) in [5.41, 5.74) is 1.16. The molecular weight excluding hydrogens is 278 g/mol. The predicted molar refractivity (Wildman–Crippen MR) is 90.1 cm³/mol. The zero-order valence-corrected chi connectivity index (χ0v) is 13.3. The Morgan fingerprint density at radius 2 is 1.95 bits per heavy atom. The van der Waals surface area contributed by atoms with Crippen LogP contribution in [0.25, 0.3) is 6.08 Å². The number of hydrogen-bond acceptors (Lipinski definition) is 2. The van der Waals surface area contributed by atoms with Gasteiger partial charge in [-0.1, -0.05) is 50.2 Å². The Kier molecular flexibility index (Phi) is 5.76. The van der Waals surface area contributed by atoms with Gasteiger partial charge in [0.1, 0.15) is 0 Å². The van der Waals surface area contributed by atoms with Gasteiger partial charge in [0.15, 0.2) is 0 Å². The number of amides is 1. The van der Waals surface area contributed by atoms with Gasteiger partial charge in [-0.25, -0.2) is 0 Å². The Balaban J connectivity index is 2.03. The summed E-state index contributed by atoms with van der Waals surface area (Å²) in [7, 11) is 0. The first-order valence-corrected chi connectivity index (χ1v) is 8.10. The van der Waals surface area contributed by atoms with Gasteiger partial charge in [0.25, 0.3) is 0 Å². The molecule has 1 aromatic heterocycles. The van der Waals surface area contributed by atoms with Gasteiger partial charge in [0, 0.05) is 11.0 Å². The summed E-state index contributed by atoms with van der Waals surface area (Å²) >= 11 is 1.62. The van der Waals surface area contributed by atoms with E-state index in [0.29, 0.717) is 5.92 Å². The molecule has 1 aromatic carbocycles. The number of carbonyl (C=O) groups excluding carboxylic acids is 1. The fourth-order valence-electron chi connectivity index (χ4n) is 2.20. The van der Waals surface area contributed by atoms with Gasteiger partial charge in [-0.05, 0) is 35.4 Å². The minimum atomic E-state index is -0.0436. The molecule has 110 valence electrons. The average molecular weight is 299 g/mol. The molecule has 2 nitrogen and oxygen atoms in total. The Labute approximate surface area is 130 Å². The molecule has 21 heavy (non-hydrogen) atoms. The van der Waals surface area contributed by atoms with Crippen molar-refractivity contribution in [3.05, 3.63) is 64.4 Å². The van der Waals surface area contributed by atoms with Crippen molar-refractivity contribution in [3.8, 4) is 0 Å². The molecule has 0 saturated carbocycles. The zero-order valence-electron chi connectivity index (χ0n) is 12.5. The molecule has 0 bridgehead atoms. The molecule has 1 heterocycles. The van der Waals surface area contributed by atoms with E-state index in [0.717, 1.165) is 16.9 Å². The molecule has 0 radical (unpaired) electrons. The third-order valence-electron chi connectivity index (χ3n) is 3.17. The van der Waals surface area contributed by atoms with Crippen LogP contribution in [0.5, 0.6) is 0 Å². The number of rotatable bonds is 6. The van der Waals surface area contributed by atoms with Crippen LogP contribution >= 0.6 is 11.3 Å². The smallest absolute Gasteiger partial charge is 0.244 e. The molecular formula is C18H21NOS. The maximum absolute atomic E-state index is 12.1. The van der Waals surface area contributed by atoms with Crippen molar-refractivity contribution in [2.75, 3.05) is 0 Å². The highest BCUT2D eigenvalue weighted by atomic mass is 32.1. The van der Waals surface area contributed by atoms with Gasteiger partial charge in [-0.15, -0.1) is 11.3 Å². The van der Waals surface area contributed by atoms with Gasteiger partial charge in [0.05, 0.1) is 6.04 Å². The summed E-state index contributed by atoms with van der Waals surface area (Å²) in [5.74, 6) is 0.481. The molecule has 0 aliphatic rings. The van der Waals surface area contributed by atoms with Crippen molar-refractivity contribution in [3.63, 3.8) is 0 Å². The van der Waals surface area contributed by atoms with Crippen molar-refractivity contribution >= 4 is 23.3 Å². The fraction of sp³-hybridized carbons (Fsp3) is 0.278. The van der Waals surface area contributed by atoms with E-state index >= 15 is 0 Å². The van der Waals surface area contributed by atoms with Gasteiger partial charge < -0.3 is 5.32 Å². The lowest BCUT2D eigenvalue weighted by Crippen LogP contribution is -2.27. The van der Waals surface area contributed by atoms with Gasteiger partial charge >= 0.3 is 0 Å². The lowest BCUT2D eigenvalue weighted by atomic mass is 9.97. The van der Waals surface area contributed by atoms with Gasteiger partial charge in [0.2, 0.25) is 5.91 Å². The molecule has 0 saturated heterocycles. The second kappa shape index (κ2) is 7.79. The molecule has 0 aliphatic heterocycles. The van der Waals surface area contributed by atoms with Crippen LogP contribution in [-0.2, 0) is 4.79 Å². The summed E-state index contributed by atoms with van der Waals surface area (Å²) in [6.45, 7) is 4.34. The Morgan fingerprint density at radius 3 is 2.57 bits per heavy atom. The number of thiophene rings is 1. The van der Waals surface area contributed by atoms with Crippen LogP contribution in [0, 0.1) is 5.92 Å². The highest BCUT2D eigenvalue weighted by Gasteiger charge is 2.14. The first-order chi connectivity index (χ1) is 10.1. The lowest BCUT2D eigenvalue weighted by molar-refractivity contribution is -0.117. The van der Waals surface area contributed by atoms with Crippen LogP contribution in [0.4, 0.5) is 0 Å². The Hall–Kier alpha value is -1.87. The van der Waals surface area contributed by atoms with Crippen LogP contribution in [0.15, 0.2) is 53.9 Å². The first kappa shape index (κ1) is 15.5. The van der Waals surface area contributed by atoms with E-state index < -0.39 is 0 Å². The topological polar surface area (TPSA) is 29.1 Å². The molecule has 0 aliphatic carbocycles. The summed E-state index contributed by atoms with van der Waals surface area (Å²) in [4.78, 5) is 13.2. The normalized spacial score (nSPS) is 12.7. The van der Waals surface area contributed by atoms with Gasteiger partial charge in [-0.2, -0.15) is 0 Å². The maximum Gasteiger partial charge on any atom is 0.244 e. The average Bonchev–Trinajstić information content (AvgIpc) is 2.98. The number of carbonyl (C=O) groups is 1. The SMILES string of the molecule is CC(C)CC(NC(=O)/C=C/c1cccs1)c1ccccc1. The number of benzene rings is 1. The van der Waals surface area contributed by atoms with E-state index in [1.54, 1.807) is 17.4 Å². The van der Waals surface area contributed by atoms with E-state index in [1.165, 1.54) is 0 Å². The number of nitrogens with one attached hydrogen (secondary N) is 1. The van der Waals surface area contributed by atoms with Crippen LogP contribution in [0.3, 0.4) is 0 Å². The van der Waals surface area contributed by atoms with E-state index in [2.05, 4.69) is 31.3 Å². The van der Waals surface area contributed by atoms with Crippen LogP contribution in [0.2, 0.25) is 0 Å².